The number of esters is 1. The van der Waals surface area contributed by atoms with Gasteiger partial charge in [-0.1, -0.05) is 6.07 Å². The molecule has 0 bridgehead atoms. The first-order chi connectivity index (χ1) is 14.6. The van der Waals surface area contributed by atoms with Crippen LogP contribution in [0.15, 0.2) is 48.8 Å². The molecule has 0 saturated heterocycles. The molecule has 148 valence electrons. The summed E-state index contributed by atoms with van der Waals surface area (Å²) in [7, 11) is 1.29. The number of methoxy groups -OCH3 is 1. The quantitative estimate of drug-likeness (QED) is 0.417. The minimum absolute atomic E-state index is 0.125. The molecule has 30 heavy (non-hydrogen) atoms. The van der Waals surface area contributed by atoms with Gasteiger partial charge in [0.15, 0.2) is 17.0 Å². The maximum absolute atomic E-state index is 13.9. The average Bonchev–Trinajstić information content (AvgIpc) is 3.36. The second-order valence-electron chi connectivity index (χ2n) is 6.35. The van der Waals surface area contributed by atoms with E-state index in [-0.39, 0.29) is 12.2 Å². The van der Waals surface area contributed by atoms with E-state index in [4.69, 9.17) is 4.74 Å². The Morgan fingerprint density at radius 1 is 1.17 bits per heavy atom. The van der Waals surface area contributed by atoms with Gasteiger partial charge in [0, 0.05) is 18.0 Å². The molecule has 0 fully saturated rings. The van der Waals surface area contributed by atoms with Gasteiger partial charge in [0.05, 0.1) is 19.2 Å². The molecule has 11 heteroatoms. The van der Waals surface area contributed by atoms with Crippen molar-refractivity contribution in [2.75, 3.05) is 7.11 Å². The van der Waals surface area contributed by atoms with Crippen molar-refractivity contribution < 1.29 is 13.9 Å². The second kappa shape index (κ2) is 6.95. The molecule has 0 atom stereocenters. The van der Waals surface area contributed by atoms with Gasteiger partial charge in [0.2, 0.25) is 0 Å². The topological polar surface area (TPSA) is 113 Å². The minimum Gasteiger partial charge on any atom is -0.469 e. The van der Waals surface area contributed by atoms with E-state index in [1.165, 1.54) is 28.4 Å². The molecule has 5 rings (SSSR count). The number of halogens is 1. The van der Waals surface area contributed by atoms with Crippen LogP contribution in [0.4, 0.5) is 4.39 Å². The Labute approximate surface area is 168 Å². The first-order valence-electron chi connectivity index (χ1n) is 8.88. The highest BCUT2D eigenvalue weighted by molar-refractivity contribution is 5.82. The van der Waals surface area contributed by atoms with Crippen molar-refractivity contribution in [1.29, 1.82) is 0 Å². The summed E-state index contributed by atoms with van der Waals surface area (Å²) in [5.41, 5.74) is 2.19. The summed E-state index contributed by atoms with van der Waals surface area (Å²) >= 11 is 0. The van der Waals surface area contributed by atoms with E-state index in [0.29, 0.717) is 33.9 Å². The fourth-order valence-electron chi connectivity index (χ4n) is 3.08. The molecule has 0 aliphatic carbocycles. The highest BCUT2D eigenvalue weighted by atomic mass is 19.1. The summed E-state index contributed by atoms with van der Waals surface area (Å²) in [6, 6.07) is 9.48. The van der Waals surface area contributed by atoms with Gasteiger partial charge in [-0.25, -0.2) is 9.07 Å². The zero-order chi connectivity index (χ0) is 20.7. The number of rotatable bonds is 4. The zero-order valence-corrected chi connectivity index (χ0v) is 15.6. The molecule has 0 radical (unpaired) electrons. The standard InChI is InChI=1S/C19H13FN8O2/c1-30-15(29)9-14-16-18(27(25-14)13-6-2-5-12(20)8-13)28-19(24-23-16)22-17(26-28)11-4-3-7-21-10-11/h2-8,10H,9H2,1H3. The van der Waals surface area contributed by atoms with Gasteiger partial charge in [-0.05, 0) is 30.3 Å². The zero-order valence-electron chi connectivity index (χ0n) is 15.6. The average molecular weight is 404 g/mol. The maximum atomic E-state index is 13.9. The molecule has 1 aromatic carbocycles. The molecule has 4 aromatic heterocycles. The Morgan fingerprint density at radius 3 is 2.83 bits per heavy atom. The van der Waals surface area contributed by atoms with Crippen LogP contribution in [0.1, 0.15) is 5.69 Å². The number of pyridine rings is 1. The van der Waals surface area contributed by atoms with Gasteiger partial charge in [-0.2, -0.15) is 14.6 Å². The van der Waals surface area contributed by atoms with Crippen LogP contribution in [-0.2, 0) is 16.0 Å². The van der Waals surface area contributed by atoms with E-state index >= 15 is 0 Å². The fourth-order valence-corrected chi connectivity index (χ4v) is 3.08. The van der Waals surface area contributed by atoms with E-state index in [2.05, 4.69) is 30.4 Å². The number of nitrogens with zero attached hydrogens (tertiary/aromatic N) is 8. The number of carbonyl (C=O) groups excluding carboxylic acids is 1. The Morgan fingerprint density at radius 2 is 2.07 bits per heavy atom. The predicted octanol–water partition coefficient (Wildman–Crippen LogP) is 1.77. The number of aromatic nitrogens is 8. The molecule has 0 aliphatic heterocycles. The van der Waals surface area contributed by atoms with Crippen molar-refractivity contribution in [1.82, 2.24) is 39.6 Å². The largest absolute Gasteiger partial charge is 0.469 e. The van der Waals surface area contributed by atoms with E-state index < -0.39 is 11.8 Å². The highest BCUT2D eigenvalue weighted by Gasteiger charge is 2.22. The van der Waals surface area contributed by atoms with Crippen LogP contribution >= 0.6 is 0 Å². The molecule has 0 N–H and O–H groups in total. The van der Waals surface area contributed by atoms with Crippen LogP contribution in [-0.4, -0.2) is 52.6 Å². The molecule has 10 nitrogen and oxygen atoms in total. The predicted molar refractivity (Wildman–Crippen MR) is 102 cm³/mol. The second-order valence-corrected chi connectivity index (χ2v) is 6.35. The summed E-state index contributed by atoms with van der Waals surface area (Å²) in [4.78, 5) is 20.3. The Balaban J connectivity index is 1.80. The molecule has 4 heterocycles. The monoisotopic (exact) mass is 404 g/mol. The Kier molecular flexibility index (Phi) is 4.12. The number of carbonyl (C=O) groups is 1. The van der Waals surface area contributed by atoms with Crippen LogP contribution in [0.25, 0.3) is 34.0 Å². The molecule has 0 unspecified atom stereocenters. The normalized spacial score (nSPS) is 11.3. The van der Waals surface area contributed by atoms with Crippen molar-refractivity contribution >= 4 is 22.9 Å². The highest BCUT2D eigenvalue weighted by Crippen LogP contribution is 2.23. The van der Waals surface area contributed by atoms with E-state index in [9.17, 15) is 9.18 Å². The summed E-state index contributed by atoms with van der Waals surface area (Å²) in [5, 5.41) is 17.3. The lowest BCUT2D eigenvalue weighted by molar-refractivity contribution is -0.139. The smallest absolute Gasteiger partial charge is 0.311 e. The number of hydrogen-bond acceptors (Lipinski definition) is 8. The molecule has 5 aromatic rings. The number of benzene rings is 1. The van der Waals surface area contributed by atoms with Gasteiger partial charge in [0.1, 0.15) is 11.5 Å². The molecule has 0 amide bonds. The summed E-state index contributed by atoms with van der Waals surface area (Å²) in [6.45, 7) is 0. The van der Waals surface area contributed by atoms with E-state index in [1.807, 2.05) is 6.07 Å². The van der Waals surface area contributed by atoms with Gasteiger partial charge in [0.25, 0.3) is 5.78 Å². The van der Waals surface area contributed by atoms with Gasteiger partial charge in [-0.3, -0.25) is 9.78 Å². The first-order valence-corrected chi connectivity index (χ1v) is 8.88. The van der Waals surface area contributed by atoms with Crippen LogP contribution in [0, 0.1) is 5.82 Å². The Bertz CT molecular complexity index is 1400. The maximum Gasteiger partial charge on any atom is 0.311 e. The molecule has 0 spiro atoms. The number of fused-ring (bicyclic) bond motifs is 3. The van der Waals surface area contributed by atoms with Crippen molar-refractivity contribution in [2.45, 2.75) is 6.42 Å². The lowest BCUT2D eigenvalue weighted by atomic mass is 10.3. The van der Waals surface area contributed by atoms with Gasteiger partial charge in [-0.15, -0.1) is 15.3 Å². The van der Waals surface area contributed by atoms with Gasteiger partial charge >= 0.3 is 5.97 Å². The van der Waals surface area contributed by atoms with Crippen LogP contribution in [0.2, 0.25) is 0 Å². The first kappa shape index (κ1) is 17.8. The third-order valence-electron chi connectivity index (χ3n) is 4.45. The summed E-state index contributed by atoms with van der Waals surface area (Å²) in [5.74, 6) is -0.300. The van der Waals surface area contributed by atoms with Crippen LogP contribution < -0.4 is 0 Å². The number of ether oxygens (including phenoxy) is 1. The van der Waals surface area contributed by atoms with Crippen molar-refractivity contribution in [2.24, 2.45) is 0 Å². The third-order valence-corrected chi connectivity index (χ3v) is 4.45. The van der Waals surface area contributed by atoms with Crippen molar-refractivity contribution in [3.63, 3.8) is 0 Å². The number of hydrogen-bond donors (Lipinski definition) is 0. The van der Waals surface area contributed by atoms with E-state index in [1.54, 1.807) is 30.6 Å². The van der Waals surface area contributed by atoms with E-state index in [0.717, 1.165) is 0 Å². The van der Waals surface area contributed by atoms with Gasteiger partial charge < -0.3 is 4.74 Å². The fraction of sp³-hybridized carbons (Fsp3) is 0.105. The molecular weight excluding hydrogens is 391 g/mol. The molecular formula is C19H13FN8O2. The SMILES string of the molecule is COC(=O)Cc1nn(-c2cccc(F)c2)c2c1nnc1nc(-c3cccnc3)nn12. The summed E-state index contributed by atoms with van der Waals surface area (Å²) in [6.07, 6.45) is 3.15. The van der Waals surface area contributed by atoms with Crippen LogP contribution in [0.5, 0.6) is 0 Å². The lowest BCUT2D eigenvalue weighted by Crippen LogP contribution is -2.06. The van der Waals surface area contributed by atoms with Crippen molar-refractivity contribution in [3.05, 3.63) is 60.3 Å². The Hall–Kier alpha value is -4.28. The molecule has 0 saturated carbocycles. The molecule has 0 aliphatic rings. The third kappa shape index (κ3) is 2.92. The summed E-state index contributed by atoms with van der Waals surface area (Å²) < 4.78 is 21.5. The lowest BCUT2D eigenvalue weighted by Gasteiger charge is -2.03. The minimum atomic E-state index is -0.489. The van der Waals surface area contributed by atoms with Crippen molar-refractivity contribution in [3.8, 4) is 17.1 Å². The van der Waals surface area contributed by atoms with Crippen LogP contribution in [0.3, 0.4) is 0 Å².